The van der Waals surface area contributed by atoms with Gasteiger partial charge in [0, 0.05) is 29.1 Å². The molecule has 3 nitrogen and oxygen atoms in total. The van der Waals surface area contributed by atoms with Gasteiger partial charge in [-0.1, -0.05) is 34.1 Å². The van der Waals surface area contributed by atoms with E-state index in [0.717, 1.165) is 27.4 Å². The number of anilines is 1. The third-order valence-electron chi connectivity index (χ3n) is 3.09. The van der Waals surface area contributed by atoms with Crippen molar-refractivity contribution in [3.8, 4) is 11.3 Å². The molecular weight excluding hydrogens is 290 g/mol. The Labute approximate surface area is 115 Å². The lowest BCUT2D eigenvalue weighted by molar-refractivity contribution is 0.932. The van der Waals surface area contributed by atoms with Crippen LogP contribution in [0.25, 0.3) is 11.3 Å². The number of halogens is 1. The average molecular weight is 304 g/mol. The molecule has 0 saturated heterocycles. The van der Waals surface area contributed by atoms with Crippen molar-refractivity contribution in [3.63, 3.8) is 0 Å². The largest absolute Gasteiger partial charge is 0.373 e. The molecule has 0 amide bonds. The van der Waals surface area contributed by atoms with E-state index in [1.807, 2.05) is 31.3 Å². The molecule has 1 aliphatic carbocycles. The number of hydrogen-bond donors (Lipinski definition) is 1. The number of nitrogens with one attached hydrogen (secondary N) is 1. The SMILES string of the molecule is CNc1cc(-c2ccccc2Br)nc(C2CC2)n1. The molecule has 0 unspecified atom stereocenters. The van der Waals surface area contributed by atoms with E-state index in [0.29, 0.717) is 5.92 Å². The number of hydrogen-bond acceptors (Lipinski definition) is 3. The number of benzene rings is 1. The molecule has 1 aliphatic rings. The quantitative estimate of drug-likeness (QED) is 0.936. The van der Waals surface area contributed by atoms with E-state index >= 15 is 0 Å². The lowest BCUT2D eigenvalue weighted by atomic mass is 10.1. The first kappa shape index (κ1) is 11.7. The maximum absolute atomic E-state index is 4.69. The Morgan fingerprint density at radius 3 is 2.67 bits per heavy atom. The van der Waals surface area contributed by atoms with Gasteiger partial charge in [-0.3, -0.25) is 0 Å². The van der Waals surface area contributed by atoms with Crippen LogP contribution in [0.4, 0.5) is 5.82 Å². The molecule has 1 N–H and O–H groups in total. The molecule has 0 spiro atoms. The van der Waals surface area contributed by atoms with Gasteiger partial charge in [-0.05, 0) is 18.9 Å². The summed E-state index contributed by atoms with van der Waals surface area (Å²) >= 11 is 3.58. The van der Waals surface area contributed by atoms with Gasteiger partial charge < -0.3 is 5.32 Å². The fraction of sp³-hybridized carbons (Fsp3) is 0.286. The maximum atomic E-state index is 4.69. The molecule has 18 heavy (non-hydrogen) atoms. The molecule has 1 heterocycles. The minimum Gasteiger partial charge on any atom is -0.373 e. The van der Waals surface area contributed by atoms with Crippen LogP contribution >= 0.6 is 15.9 Å². The van der Waals surface area contributed by atoms with Gasteiger partial charge in [0.15, 0.2) is 0 Å². The first-order chi connectivity index (χ1) is 8.78. The van der Waals surface area contributed by atoms with Gasteiger partial charge in [0.2, 0.25) is 0 Å². The fourth-order valence-corrected chi connectivity index (χ4v) is 2.41. The highest BCUT2D eigenvalue weighted by molar-refractivity contribution is 9.10. The van der Waals surface area contributed by atoms with Crippen molar-refractivity contribution in [1.82, 2.24) is 9.97 Å². The third kappa shape index (κ3) is 2.25. The van der Waals surface area contributed by atoms with E-state index in [1.54, 1.807) is 0 Å². The summed E-state index contributed by atoms with van der Waals surface area (Å²) in [5, 5.41) is 3.11. The van der Waals surface area contributed by atoms with Crippen molar-refractivity contribution < 1.29 is 0 Å². The van der Waals surface area contributed by atoms with Crippen LogP contribution in [-0.2, 0) is 0 Å². The molecule has 92 valence electrons. The van der Waals surface area contributed by atoms with Gasteiger partial charge in [0.05, 0.1) is 5.69 Å². The predicted molar refractivity (Wildman–Crippen MR) is 76.7 cm³/mol. The standard InChI is InChI=1S/C14H14BrN3/c1-16-13-8-12(10-4-2-3-5-11(10)15)17-14(18-13)9-6-7-9/h2-5,8-9H,6-7H2,1H3,(H,16,17,18). The molecular formula is C14H14BrN3. The summed E-state index contributed by atoms with van der Waals surface area (Å²) in [6.07, 6.45) is 2.42. The zero-order valence-electron chi connectivity index (χ0n) is 10.2. The summed E-state index contributed by atoms with van der Waals surface area (Å²) in [6, 6.07) is 10.1. The topological polar surface area (TPSA) is 37.8 Å². The van der Waals surface area contributed by atoms with Gasteiger partial charge >= 0.3 is 0 Å². The second-order valence-electron chi connectivity index (χ2n) is 4.50. The minimum atomic E-state index is 0.555. The molecule has 1 fully saturated rings. The second kappa shape index (κ2) is 4.69. The molecule has 2 aromatic rings. The summed E-state index contributed by atoms with van der Waals surface area (Å²) in [5.74, 6) is 2.41. The monoisotopic (exact) mass is 303 g/mol. The molecule has 1 aromatic carbocycles. The Hall–Kier alpha value is -1.42. The molecule has 0 aliphatic heterocycles. The maximum Gasteiger partial charge on any atom is 0.134 e. The van der Waals surface area contributed by atoms with Gasteiger partial charge in [-0.15, -0.1) is 0 Å². The average Bonchev–Trinajstić information content (AvgIpc) is 3.23. The van der Waals surface area contributed by atoms with Gasteiger partial charge in [0.25, 0.3) is 0 Å². The highest BCUT2D eigenvalue weighted by atomic mass is 79.9. The van der Waals surface area contributed by atoms with E-state index in [1.165, 1.54) is 12.8 Å². The van der Waals surface area contributed by atoms with Crippen molar-refractivity contribution in [1.29, 1.82) is 0 Å². The second-order valence-corrected chi connectivity index (χ2v) is 5.36. The molecule has 0 radical (unpaired) electrons. The Morgan fingerprint density at radius 1 is 1.22 bits per heavy atom. The fourth-order valence-electron chi connectivity index (χ4n) is 1.92. The van der Waals surface area contributed by atoms with E-state index < -0.39 is 0 Å². The molecule has 1 aromatic heterocycles. The van der Waals surface area contributed by atoms with Crippen LogP contribution in [0.1, 0.15) is 24.6 Å². The lowest BCUT2D eigenvalue weighted by Crippen LogP contribution is -2.00. The van der Waals surface area contributed by atoms with Crippen molar-refractivity contribution in [2.24, 2.45) is 0 Å². The van der Waals surface area contributed by atoms with Crippen molar-refractivity contribution in [2.45, 2.75) is 18.8 Å². The molecule has 4 heteroatoms. The third-order valence-corrected chi connectivity index (χ3v) is 3.78. The highest BCUT2D eigenvalue weighted by Crippen LogP contribution is 2.39. The molecule has 0 bridgehead atoms. The van der Waals surface area contributed by atoms with Crippen molar-refractivity contribution in [3.05, 3.63) is 40.6 Å². The van der Waals surface area contributed by atoms with Crippen LogP contribution < -0.4 is 5.32 Å². The number of rotatable bonds is 3. The van der Waals surface area contributed by atoms with Crippen LogP contribution in [0.2, 0.25) is 0 Å². The predicted octanol–water partition coefficient (Wildman–Crippen LogP) is 3.83. The first-order valence-corrected chi connectivity index (χ1v) is 6.89. The Bertz CT molecular complexity index is 579. The Morgan fingerprint density at radius 2 is 2.00 bits per heavy atom. The van der Waals surface area contributed by atoms with Crippen molar-refractivity contribution >= 4 is 21.7 Å². The van der Waals surface area contributed by atoms with Crippen molar-refractivity contribution in [2.75, 3.05) is 12.4 Å². The summed E-state index contributed by atoms with van der Waals surface area (Å²) in [4.78, 5) is 9.22. The normalized spacial score (nSPS) is 14.6. The molecule has 3 rings (SSSR count). The lowest BCUT2D eigenvalue weighted by Gasteiger charge is -2.08. The zero-order chi connectivity index (χ0) is 12.5. The van der Waals surface area contributed by atoms with Gasteiger partial charge in [-0.2, -0.15) is 0 Å². The van der Waals surface area contributed by atoms with Gasteiger partial charge in [0.1, 0.15) is 11.6 Å². The highest BCUT2D eigenvalue weighted by Gasteiger charge is 2.27. The minimum absolute atomic E-state index is 0.555. The summed E-state index contributed by atoms with van der Waals surface area (Å²) in [6.45, 7) is 0. The molecule has 0 atom stereocenters. The Kier molecular flexibility index (Phi) is 3.04. The number of aromatic nitrogens is 2. The van der Waals surface area contributed by atoms with Crippen LogP contribution in [0.5, 0.6) is 0 Å². The Balaban J connectivity index is 2.10. The summed E-state index contributed by atoms with van der Waals surface area (Å²) < 4.78 is 1.06. The zero-order valence-corrected chi connectivity index (χ0v) is 11.7. The number of nitrogens with zero attached hydrogens (tertiary/aromatic N) is 2. The van der Waals surface area contributed by atoms with Crippen LogP contribution in [0, 0.1) is 0 Å². The van der Waals surface area contributed by atoms with E-state index in [2.05, 4.69) is 32.3 Å². The van der Waals surface area contributed by atoms with Crippen LogP contribution in [-0.4, -0.2) is 17.0 Å². The van der Waals surface area contributed by atoms with Crippen LogP contribution in [0.15, 0.2) is 34.8 Å². The van der Waals surface area contributed by atoms with E-state index in [4.69, 9.17) is 4.98 Å². The van der Waals surface area contributed by atoms with Gasteiger partial charge in [-0.25, -0.2) is 9.97 Å². The molecule has 1 saturated carbocycles. The van der Waals surface area contributed by atoms with E-state index in [-0.39, 0.29) is 0 Å². The smallest absolute Gasteiger partial charge is 0.134 e. The van der Waals surface area contributed by atoms with Crippen LogP contribution in [0.3, 0.4) is 0 Å². The first-order valence-electron chi connectivity index (χ1n) is 6.09. The van der Waals surface area contributed by atoms with E-state index in [9.17, 15) is 0 Å². The summed E-state index contributed by atoms with van der Waals surface area (Å²) in [7, 11) is 1.89. The summed E-state index contributed by atoms with van der Waals surface area (Å²) in [5.41, 5.74) is 2.09.